The van der Waals surface area contributed by atoms with E-state index in [2.05, 4.69) is 20.0 Å². The molecule has 2 aliphatic rings. The van der Waals surface area contributed by atoms with Gasteiger partial charge in [-0.1, -0.05) is 18.2 Å². The summed E-state index contributed by atoms with van der Waals surface area (Å²) in [6, 6.07) is 9.43. The molecule has 0 bridgehead atoms. The van der Waals surface area contributed by atoms with Crippen LogP contribution in [0.5, 0.6) is 0 Å². The third-order valence-electron chi connectivity index (χ3n) is 6.01. The van der Waals surface area contributed by atoms with E-state index in [4.69, 9.17) is 0 Å². The number of carbonyl (C=O) groups is 2. The van der Waals surface area contributed by atoms with Crippen LogP contribution in [-0.2, 0) is 11.3 Å². The number of aromatic nitrogens is 4. The number of fused-ring (bicyclic) bond motifs is 1. The molecule has 31 heavy (non-hydrogen) atoms. The van der Waals surface area contributed by atoms with Crippen molar-refractivity contribution in [2.75, 3.05) is 44.2 Å². The molecular formula is C22H25N7O2. The minimum absolute atomic E-state index is 0.00190. The third-order valence-corrected chi connectivity index (χ3v) is 6.01. The lowest BCUT2D eigenvalue weighted by atomic mass is 10.2. The minimum atomic E-state index is -0.0450. The molecule has 4 heterocycles. The van der Waals surface area contributed by atoms with Gasteiger partial charge in [0.05, 0.1) is 5.52 Å². The summed E-state index contributed by atoms with van der Waals surface area (Å²) in [6.45, 7) is 4.26. The van der Waals surface area contributed by atoms with E-state index in [0.29, 0.717) is 37.8 Å². The minimum Gasteiger partial charge on any atom is -0.338 e. The van der Waals surface area contributed by atoms with Crippen molar-refractivity contribution in [1.82, 2.24) is 29.5 Å². The van der Waals surface area contributed by atoms with E-state index in [1.807, 2.05) is 34.1 Å². The van der Waals surface area contributed by atoms with Crippen LogP contribution in [0.4, 0.5) is 5.95 Å². The highest BCUT2D eigenvalue weighted by Gasteiger charge is 2.27. The zero-order valence-corrected chi connectivity index (χ0v) is 17.4. The maximum atomic E-state index is 13.0. The van der Waals surface area contributed by atoms with Crippen LogP contribution in [0.2, 0.25) is 0 Å². The molecule has 5 rings (SSSR count). The van der Waals surface area contributed by atoms with Crippen molar-refractivity contribution in [2.45, 2.75) is 19.4 Å². The summed E-state index contributed by atoms with van der Waals surface area (Å²) >= 11 is 0. The van der Waals surface area contributed by atoms with Crippen LogP contribution in [0.25, 0.3) is 10.9 Å². The molecule has 2 saturated heterocycles. The molecule has 0 saturated carbocycles. The van der Waals surface area contributed by atoms with E-state index < -0.39 is 0 Å². The van der Waals surface area contributed by atoms with Gasteiger partial charge in [0.25, 0.3) is 5.91 Å². The van der Waals surface area contributed by atoms with Gasteiger partial charge in [-0.3, -0.25) is 14.3 Å². The van der Waals surface area contributed by atoms with Gasteiger partial charge in [-0.25, -0.2) is 9.97 Å². The Morgan fingerprint density at radius 2 is 1.55 bits per heavy atom. The lowest BCUT2D eigenvalue weighted by Gasteiger charge is -2.34. The Kier molecular flexibility index (Phi) is 5.23. The first-order chi connectivity index (χ1) is 15.2. The number of nitrogens with zero attached hydrogens (tertiary/aromatic N) is 7. The van der Waals surface area contributed by atoms with Gasteiger partial charge >= 0.3 is 0 Å². The number of carbonyl (C=O) groups excluding carboxylic acids is 2. The lowest BCUT2D eigenvalue weighted by molar-refractivity contribution is -0.132. The van der Waals surface area contributed by atoms with Crippen LogP contribution in [0.3, 0.4) is 0 Å². The highest BCUT2D eigenvalue weighted by atomic mass is 16.2. The zero-order chi connectivity index (χ0) is 21.2. The molecule has 0 aliphatic carbocycles. The first kappa shape index (κ1) is 19.5. The smallest absolute Gasteiger partial charge is 0.275 e. The second kappa shape index (κ2) is 8.33. The predicted octanol–water partition coefficient (Wildman–Crippen LogP) is 1.41. The van der Waals surface area contributed by atoms with E-state index in [1.54, 1.807) is 23.1 Å². The molecular weight excluding hydrogens is 394 g/mol. The van der Waals surface area contributed by atoms with Crippen molar-refractivity contribution in [3.63, 3.8) is 0 Å². The van der Waals surface area contributed by atoms with Crippen molar-refractivity contribution < 1.29 is 9.59 Å². The summed E-state index contributed by atoms with van der Waals surface area (Å²) in [4.78, 5) is 40.3. The number of benzene rings is 1. The molecule has 160 valence electrons. The number of hydrogen-bond donors (Lipinski definition) is 0. The van der Waals surface area contributed by atoms with Crippen LogP contribution in [-0.4, -0.2) is 80.6 Å². The summed E-state index contributed by atoms with van der Waals surface area (Å²) in [6.07, 6.45) is 5.51. The summed E-state index contributed by atoms with van der Waals surface area (Å²) in [5.74, 6) is 0.649. The van der Waals surface area contributed by atoms with E-state index in [9.17, 15) is 9.59 Å². The van der Waals surface area contributed by atoms with Crippen LogP contribution in [0.1, 0.15) is 23.3 Å². The van der Waals surface area contributed by atoms with Crippen molar-refractivity contribution in [3.8, 4) is 0 Å². The number of anilines is 1. The Labute approximate surface area is 180 Å². The van der Waals surface area contributed by atoms with Crippen LogP contribution in [0.15, 0.2) is 42.7 Å². The molecule has 2 aliphatic heterocycles. The monoisotopic (exact) mass is 419 g/mol. The highest BCUT2D eigenvalue weighted by Crippen LogP contribution is 2.22. The average molecular weight is 419 g/mol. The predicted molar refractivity (Wildman–Crippen MR) is 116 cm³/mol. The summed E-state index contributed by atoms with van der Waals surface area (Å²) < 4.78 is 1.67. The molecule has 2 aromatic heterocycles. The van der Waals surface area contributed by atoms with E-state index >= 15 is 0 Å². The van der Waals surface area contributed by atoms with Gasteiger partial charge in [0.2, 0.25) is 11.9 Å². The Morgan fingerprint density at radius 3 is 2.29 bits per heavy atom. The van der Waals surface area contributed by atoms with E-state index in [-0.39, 0.29) is 18.4 Å². The molecule has 3 aromatic rings. The Morgan fingerprint density at radius 1 is 0.839 bits per heavy atom. The Balaban J connectivity index is 1.30. The lowest BCUT2D eigenvalue weighted by Crippen LogP contribution is -2.50. The second-order valence-corrected chi connectivity index (χ2v) is 7.94. The van der Waals surface area contributed by atoms with Crippen LogP contribution in [0, 0.1) is 0 Å². The average Bonchev–Trinajstić information content (AvgIpc) is 3.48. The molecule has 0 unspecified atom stereocenters. The van der Waals surface area contributed by atoms with E-state index in [0.717, 1.165) is 36.8 Å². The fraction of sp³-hybridized carbons (Fsp3) is 0.409. The molecule has 2 fully saturated rings. The van der Waals surface area contributed by atoms with Gasteiger partial charge in [0.15, 0.2) is 5.69 Å². The summed E-state index contributed by atoms with van der Waals surface area (Å²) in [5.41, 5.74) is 1.26. The van der Waals surface area contributed by atoms with Gasteiger partial charge < -0.3 is 14.7 Å². The summed E-state index contributed by atoms with van der Waals surface area (Å²) in [7, 11) is 0. The molecule has 0 N–H and O–H groups in total. The van der Waals surface area contributed by atoms with Gasteiger partial charge in [-0.05, 0) is 25.0 Å². The maximum absolute atomic E-state index is 13.0. The molecule has 0 atom stereocenters. The number of likely N-dealkylation sites (tertiary alicyclic amines) is 1. The topological polar surface area (TPSA) is 87.5 Å². The SMILES string of the molecule is O=C(Cn1nc(C(=O)N2CCCC2)c2ccccc21)N1CCN(c2ncccn2)CC1. The van der Waals surface area contributed by atoms with Crippen LogP contribution >= 0.6 is 0 Å². The standard InChI is InChI=1S/C22H25N7O2/c30-19(26-12-14-28(15-13-26)22-23-8-5-9-24-22)16-29-18-7-2-1-6-17(18)20(25-29)21(31)27-10-3-4-11-27/h1-2,5-9H,3-4,10-16H2. The van der Waals surface area contributed by atoms with Gasteiger partial charge in [0.1, 0.15) is 6.54 Å². The first-order valence-electron chi connectivity index (χ1n) is 10.8. The van der Waals surface area contributed by atoms with Gasteiger partial charge in [-0.2, -0.15) is 5.10 Å². The molecule has 9 heteroatoms. The van der Waals surface area contributed by atoms with Crippen LogP contribution < -0.4 is 4.90 Å². The quantitative estimate of drug-likeness (QED) is 0.636. The van der Waals surface area contributed by atoms with Gasteiger partial charge in [0, 0.05) is 57.0 Å². The third kappa shape index (κ3) is 3.83. The first-order valence-corrected chi connectivity index (χ1v) is 10.8. The van der Waals surface area contributed by atoms with Crippen molar-refractivity contribution in [3.05, 3.63) is 48.4 Å². The van der Waals surface area contributed by atoms with E-state index in [1.165, 1.54) is 0 Å². The maximum Gasteiger partial charge on any atom is 0.275 e. The highest BCUT2D eigenvalue weighted by molar-refractivity contribution is 6.05. The van der Waals surface area contributed by atoms with Crippen molar-refractivity contribution in [2.24, 2.45) is 0 Å². The fourth-order valence-electron chi connectivity index (χ4n) is 4.31. The fourth-order valence-corrected chi connectivity index (χ4v) is 4.31. The normalized spacial score (nSPS) is 16.8. The summed E-state index contributed by atoms with van der Waals surface area (Å²) in [5, 5.41) is 5.38. The number of rotatable bonds is 4. The number of hydrogen-bond acceptors (Lipinski definition) is 6. The molecule has 9 nitrogen and oxygen atoms in total. The number of para-hydroxylation sites is 1. The largest absolute Gasteiger partial charge is 0.338 e. The number of amides is 2. The van der Waals surface area contributed by atoms with Crippen molar-refractivity contribution in [1.29, 1.82) is 0 Å². The Hall–Kier alpha value is -3.49. The molecule has 0 radical (unpaired) electrons. The molecule has 2 amide bonds. The van der Waals surface area contributed by atoms with Crippen molar-refractivity contribution >= 4 is 28.7 Å². The van der Waals surface area contributed by atoms with Gasteiger partial charge in [-0.15, -0.1) is 0 Å². The Bertz CT molecular complexity index is 1080. The number of piperazine rings is 1. The zero-order valence-electron chi connectivity index (χ0n) is 17.4. The molecule has 0 spiro atoms. The second-order valence-electron chi connectivity index (χ2n) is 7.94. The molecule has 1 aromatic carbocycles.